The van der Waals surface area contributed by atoms with Crippen LogP contribution in [0.2, 0.25) is 0 Å². The Morgan fingerprint density at radius 3 is 2.36 bits per heavy atom. The average Bonchev–Trinajstić information content (AvgIpc) is 2.79. The van der Waals surface area contributed by atoms with Crippen molar-refractivity contribution in [3.8, 4) is 5.75 Å². The molecule has 0 fully saturated rings. The van der Waals surface area contributed by atoms with Crippen molar-refractivity contribution >= 4 is 5.78 Å². The molecule has 0 unspecified atom stereocenters. The van der Waals surface area contributed by atoms with Gasteiger partial charge >= 0.3 is 0 Å². The zero-order chi connectivity index (χ0) is 15.9. The molecule has 0 bridgehead atoms. The number of nitrogens with zero attached hydrogens (tertiary/aromatic N) is 4. The quantitative estimate of drug-likeness (QED) is 0.743. The molecule has 0 spiro atoms. The van der Waals surface area contributed by atoms with Crippen molar-refractivity contribution in [1.82, 2.24) is 19.6 Å². The molecule has 0 aliphatic heterocycles. The summed E-state index contributed by atoms with van der Waals surface area (Å²) in [5.41, 5.74) is 2.43. The zero-order valence-corrected chi connectivity index (χ0v) is 13.6. The number of fused-ring (bicyclic) bond motifs is 1. The summed E-state index contributed by atoms with van der Waals surface area (Å²) in [6, 6.07) is 9.81. The van der Waals surface area contributed by atoms with E-state index in [1.54, 1.807) is 4.52 Å². The first-order valence-electron chi connectivity index (χ1n) is 7.33. The second-order valence-corrected chi connectivity index (χ2v) is 5.97. The highest BCUT2D eigenvalue weighted by Gasteiger charge is 2.30. The molecule has 0 N–H and O–H groups in total. The van der Waals surface area contributed by atoms with E-state index in [1.165, 1.54) is 0 Å². The Bertz CT molecular complexity index is 822. The molecule has 0 saturated heterocycles. The maximum Gasteiger partial charge on any atom is 0.253 e. The van der Waals surface area contributed by atoms with Crippen LogP contribution in [-0.2, 0) is 5.60 Å². The van der Waals surface area contributed by atoms with E-state index >= 15 is 0 Å². The number of aryl methyl sites for hydroxylation is 2. The van der Waals surface area contributed by atoms with Crippen molar-refractivity contribution in [2.24, 2.45) is 0 Å². The van der Waals surface area contributed by atoms with Gasteiger partial charge in [-0.15, -0.1) is 5.10 Å². The summed E-state index contributed by atoms with van der Waals surface area (Å²) in [5, 5.41) is 4.49. The molecule has 0 amide bonds. The van der Waals surface area contributed by atoms with Gasteiger partial charge in [0.1, 0.15) is 17.2 Å². The summed E-state index contributed by atoms with van der Waals surface area (Å²) in [6.45, 7) is 9.98. The molecule has 2 aromatic heterocycles. The molecule has 0 radical (unpaired) electrons. The normalized spacial score (nSPS) is 11.9. The third-order valence-electron chi connectivity index (χ3n) is 3.76. The van der Waals surface area contributed by atoms with Gasteiger partial charge in [-0.25, -0.2) is 4.98 Å². The maximum atomic E-state index is 6.22. The third-order valence-corrected chi connectivity index (χ3v) is 3.76. The molecular weight excluding hydrogens is 276 g/mol. The molecule has 0 atom stereocenters. The minimum atomic E-state index is -0.558. The van der Waals surface area contributed by atoms with Crippen LogP contribution in [0.15, 0.2) is 30.3 Å². The monoisotopic (exact) mass is 296 g/mol. The fourth-order valence-corrected chi connectivity index (χ4v) is 2.73. The lowest BCUT2D eigenvalue weighted by Crippen LogP contribution is -2.30. The molecule has 114 valence electrons. The highest BCUT2D eigenvalue weighted by atomic mass is 16.5. The summed E-state index contributed by atoms with van der Waals surface area (Å²) >= 11 is 0. The van der Waals surface area contributed by atoms with E-state index in [4.69, 9.17) is 4.74 Å². The van der Waals surface area contributed by atoms with Crippen molar-refractivity contribution in [3.05, 3.63) is 53.1 Å². The number of hydrogen-bond acceptors (Lipinski definition) is 4. The highest BCUT2D eigenvalue weighted by Crippen LogP contribution is 2.30. The van der Waals surface area contributed by atoms with Gasteiger partial charge in [-0.05, 0) is 52.3 Å². The lowest BCUT2D eigenvalue weighted by Gasteiger charge is -2.29. The van der Waals surface area contributed by atoms with Gasteiger partial charge < -0.3 is 4.74 Å². The molecular formula is C17H20N4O. The first kappa shape index (κ1) is 14.5. The van der Waals surface area contributed by atoms with Crippen LogP contribution in [0.25, 0.3) is 5.78 Å². The molecule has 3 aromatic rings. The van der Waals surface area contributed by atoms with E-state index in [0.29, 0.717) is 11.6 Å². The Balaban J connectivity index is 2.17. The van der Waals surface area contributed by atoms with Crippen molar-refractivity contribution in [2.75, 3.05) is 0 Å². The Morgan fingerprint density at radius 1 is 1.00 bits per heavy atom. The maximum absolute atomic E-state index is 6.22. The molecule has 22 heavy (non-hydrogen) atoms. The molecule has 5 nitrogen and oxygen atoms in total. The molecule has 0 aliphatic carbocycles. The van der Waals surface area contributed by atoms with E-state index in [9.17, 15) is 0 Å². The smallest absolute Gasteiger partial charge is 0.253 e. The van der Waals surface area contributed by atoms with Gasteiger partial charge in [-0.2, -0.15) is 9.50 Å². The van der Waals surface area contributed by atoms with E-state index < -0.39 is 5.60 Å². The lowest BCUT2D eigenvalue weighted by atomic mass is 9.98. The molecule has 0 aliphatic rings. The van der Waals surface area contributed by atoms with E-state index in [-0.39, 0.29) is 0 Å². The van der Waals surface area contributed by atoms with Gasteiger partial charge in [0, 0.05) is 5.69 Å². The Hall–Kier alpha value is -2.43. The average molecular weight is 296 g/mol. The van der Waals surface area contributed by atoms with Crippen LogP contribution in [0.3, 0.4) is 0 Å². The number of aromatic nitrogens is 4. The summed E-state index contributed by atoms with van der Waals surface area (Å²) < 4.78 is 8.02. The van der Waals surface area contributed by atoms with Crippen molar-refractivity contribution in [3.63, 3.8) is 0 Å². The van der Waals surface area contributed by atoms with E-state index in [2.05, 4.69) is 15.1 Å². The highest BCUT2D eigenvalue weighted by molar-refractivity contribution is 5.39. The Labute approximate surface area is 130 Å². The van der Waals surface area contributed by atoms with Gasteiger partial charge in [0.05, 0.1) is 5.69 Å². The van der Waals surface area contributed by atoms with Gasteiger partial charge in [-0.3, -0.25) is 0 Å². The Morgan fingerprint density at radius 2 is 1.68 bits per heavy atom. The fraction of sp³-hybridized carbons (Fsp3) is 0.353. The van der Waals surface area contributed by atoms with Crippen LogP contribution in [-0.4, -0.2) is 19.6 Å². The summed E-state index contributed by atoms with van der Waals surface area (Å²) in [7, 11) is 0. The van der Waals surface area contributed by atoms with Crippen LogP contribution in [0.1, 0.15) is 36.6 Å². The van der Waals surface area contributed by atoms with Gasteiger partial charge in [0.2, 0.25) is 0 Å². The largest absolute Gasteiger partial charge is 0.482 e. The van der Waals surface area contributed by atoms with Crippen molar-refractivity contribution in [2.45, 2.75) is 40.2 Å². The first-order valence-corrected chi connectivity index (χ1v) is 7.33. The lowest BCUT2D eigenvalue weighted by molar-refractivity contribution is 0.100. The second kappa shape index (κ2) is 5.09. The molecule has 1 aromatic carbocycles. The zero-order valence-electron chi connectivity index (χ0n) is 13.6. The van der Waals surface area contributed by atoms with Crippen molar-refractivity contribution < 1.29 is 4.74 Å². The summed E-state index contributed by atoms with van der Waals surface area (Å²) in [5.74, 6) is 2.14. The minimum absolute atomic E-state index is 0.558. The van der Waals surface area contributed by atoms with E-state index in [0.717, 1.165) is 22.7 Å². The summed E-state index contributed by atoms with van der Waals surface area (Å²) in [6.07, 6.45) is 0. The van der Waals surface area contributed by atoms with Crippen LogP contribution in [0.4, 0.5) is 0 Å². The van der Waals surface area contributed by atoms with Crippen LogP contribution in [0, 0.1) is 20.8 Å². The van der Waals surface area contributed by atoms with Crippen LogP contribution in [0.5, 0.6) is 5.75 Å². The standard InChI is InChI=1S/C17H20N4O/c1-11-12(2)18-16-19-13(3)20-21(16)15(11)17(4,5)22-14-9-7-6-8-10-14/h6-10H,1-5H3. The molecule has 3 rings (SSSR count). The number of benzene rings is 1. The molecule has 5 heteroatoms. The second-order valence-electron chi connectivity index (χ2n) is 5.97. The third kappa shape index (κ3) is 2.43. The molecule has 2 heterocycles. The predicted molar refractivity (Wildman–Crippen MR) is 85.1 cm³/mol. The number of para-hydroxylation sites is 1. The van der Waals surface area contributed by atoms with Crippen molar-refractivity contribution in [1.29, 1.82) is 0 Å². The fourth-order valence-electron chi connectivity index (χ4n) is 2.73. The van der Waals surface area contributed by atoms with Crippen LogP contribution >= 0.6 is 0 Å². The molecule has 0 saturated carbocycles. The van der Waals surface area contributed by atoms with Gasteiger partial charge in [-0.1, -0.05) is 18.2 Å². The van der Waals surface area contributed by atoms with Gasteiger partial charge in [0.25, 0.3) is 5.78 Å². The van der Waals surface area contributed by atoms with E-state index in [1.807, 2.05) is 65.0 Å². The predicted octanol–water partition coefficient (Wildman–Crippen LogP) is 3.36. The SMILES string of the molecule is Cc1nc2nc(C)c(C)c(C(C)(C)Oc3ccccc3)n2n1. The minimum Gasteiger partial charge on any atom is -0.482 e. The van der Waals surface area contributed by atoms with Crippen LogP contribution < -0.4 is 4.74 Å². The number of hydrogen-bond donors (Lipinski definition) is 0. The Kier molecular flexibility index (Phi) is 3.35. The van der Waals surface area contributed by atoms with Gasteiger partial charge in [0.15, 0.2) is 0 Å². The first-order chi connectivity index (χ1) is 10.4. The number of rotatable bonds is 3. The summed E-state index contributed by atoms with van der Waals surface area (Å²) in [4.78, 5) is 8.89. The topological polar surface area (TPSA) is 52.3 Å². The number of ether oxygens (including phenoxy) is 1.